The number of anilines is 1. The Morgan fingerprint density at radius 2 is 2.00 bits per heavy atom. The van der Waals surface area contributed by atoms with Gasteiger partial charge < -0.3 is 5.32 Å². The Kier molecular flexibility index (Phi) is 5.31. The first kappa shape index (κ1) is 14.2. The van der Waals surface area contributed by atoms with Crippen LogP contribution in [0, 0.1) is 0 Å². The highest BCUT2D eigenvalue weighted by Crippen LogP contribution is 2.13. The zero-order valence-corrected chi connectivity index (χ0v) is 11.1. The van der Waals surface area contributed by atoms with E-state index in [1.54, 1.807) is 24.3 Å². The van der Waals surface area contributed by atoms with E-state index < -0.39 is 0 Å². The van der Waals surface area contributed by atoms with Crippen molar-refractivity contribution < 1.29 is 9.59 Å². The number of hydrogen-bond acceptors (Lipinski definition) is 2. The van der Waals surface area contributed by atoms with Crippen LogP contribution in [-0.4, -0.2) is 11.7 Å². The molecular weight excluding hydrogens is 226 g/mol. The molecule has 0 aliphatic heterocycles. The molecule has 0 bridgehead atoms. The van der Waals surface area contributed by atoms with Gasteiger partial charge in [-0.25, -0.2) is 0 Å². The van der Waals surface area contributed by atoms with Crippen molar-refractivity contribution in [2.24, 2.45) is 0 Å². The maximum absolute atomic E-state index is 12.0. The molecule has 96 valence electrons. The molecule has 0 unspecified atom stereocenters. The molecule has 0 spiro atoms. The van der Waals surface area contributed by atoms with Gasteiger partial charge in [-0.3, -0.25) is 9.59 Å². The molecule has 0 fully saturated rings. The van der Waals surface area contributed by atoms with Crippen LogP contribution in [0.15, 0.2) is 35.9 Å². The summed E-state index contributed by atoms with van der Waals surface area (Å²) < 4.78 is 0. The summed E-state index contributed by atoms with van der Waals surface area (Å²) in [6.07, 6.45) is 3.46. The van der Waals surface area contributed by atoms with Gasteiger partial charge in [0.25, 0.3) is 5.91 Å². The Hall–Kier alpha value is -1.90. The Morgan fingerprint density at radius 3 is 2.56 bits per heavy atom. The van der Waals surface area contributed by atoms with E-state index in [4.69, 9.17) is 0 Å². The molecule has 3 nitrogen and oxygen atoms in total. The van der Waals surface area contributed by atoms with Gasteiger partial charge in [0.2, 0.25) is 0 Å². The topological polar surface area (TPSA) is 46.2 Å². The van der Waals surface area contributed by atoms with E-state index in [0.29, 0.717) is 17.7 Å². The third-order valence-electron chi connectivity index (χ3n) is 2.65. The maximum Gasteiger partial charge on any atom is 0.251 e. The fraction of sp³-hybridized carbons (Fsp3) is 0.333. The molecule has 0 aliphatic rings. The molecule has 0 saturated carbocycles. The fourth-order valence-corrected chi connectivity index (χ4v) is 1.67. The average molecular weight is 245 g/mol. The second-order valence-corrected chi connectivity index (χ2v) is 4.08. The molecule has 0 radical (unpaired) electrons. The van der Waals surface area contributed by atoms with E-state index in [0.717, 1.165) is 12.0 Å². The van der Waals surface area contributed by atoms with Gasteiger partial charge in [0.15, 0.2) is 5.78 Å². The normalized spacial score (nSPS) is 11.2. The summed E-state index contributed by atoms with van der Waals surface area (Å²) in [4.78, 5) is 23.2. The number of amides is 1. The van der Waals surface area contributed by atoms with Crippen LogP contribution in [-0.2, 0) is 4.79 Å². The van der Waals surface area contributed by atoms with Gasteiger partial charge in [-0.2, -0.15) is 0 Å². The van der Waals surface area contributed by atoms with Gasteiger partial charge in [0.1, 0.15) is 0 Å². The summed E-state index contributed by atoms with van der Waals surface area (Å²) in [7, 11) is 0. The highest BCUT2D eigenvalue weighted by atomic mass is 16.1. The highest BCUT2D eigenvalue weighted by Gasteiger charge is 2.08. The summed E-state index contributed by atoms with van der Waals surface area (Å²) in [6.45, 7) is 5.46. The molecule has 1 amide bonds. The molecule has 0 heterocycles. The van der Waals surface area contributed by atoms with Crippen molar-refractivity contribution in [3.63, 3.8) is 0 Å². The van der Waals surface area contributed by atoms with Crippen LogP contribution in [0.25, 0.3) is 0 Å². The molecule has 0 aromatic heterocycles. The number of ketones is 1. The van der Waals surface area contributed by atoms with Crippen LogP contribution in [0.1, 0.15) is 44.0 Å². The minimum absolute atomic E-state index is 0.00841. The van der Waals surface area contributed by atoms with Crippen molar-refractivity contribution in [2.45, 2.75) is 33.6 Å². The van der Waals surface area contributed by atoms with E-state index in [-0.39, 0.29) is 11.7 Å². The number of benzene rings is 1. The number of allylic oxidation sites excluding steroid dienone is 1. The average Bonchev–Trinajstić information content (AvgIpc) is 2.36. The molecule has 0 saturated heterocycles. The lowest BCUT2D eigenvalue weighted by molar-refractivity contribution is -0.113. The number of Topliss-reactive ketones (excluding diaryl/α,β-unsaturated/α-hetero) is 1. The van der Waals surface area contributed by atoms with E-state index >= 15 is 0 Å². The lowest BCUT2D eigenvalue weighted by Crippen LogP contribution is -2.14. The van der Waals surface area contributed by atoms with Crippen LogP contribution >= 0.6 is 0 Å². The first-order chi connectivity index (χ1) is 8.58. The fourth-order valence-electron chi connectivity index (χ4n) is 1.67. The van der Waals surface area contributed by atoms with Gasteiger partial charge >= 0.3 is 0 Å². The first-order valence-electron chi connectivity index (χ1n) is 6.19. The number of rotatable bonds is 5. The standard InChI is InChI=1S/C15H19NO2/c1-4-7-12(5-2)15(18)16-14-9-6-8-13(10-14)11(3)17/h6-10H,4-5H2,1-3H3,(H,16,18)/b12-7+. The van der Waals surface area contributed by atoms with Gasteiger partial charge in [-0.1, -0.05) is 32.1 Å². The number of hydrogen-bond donors (Lipinski definition) is 1. The summed E-state index contributed by atoms with van der Waals surface area (Å²) in [5.41, 5.74) is 2.03. The Morgan fingerprint density at radius 1 is 1.28 bits per heavy atom. The van der Waals surface area contributed by atoms with E-state index in [2.05, 4.69) is 5.32 Å². The Labute approximate surface area is 108 Å². The number of carbonyl (C=O) groups is 2. The smallest absolute Gasteiger partial charge is 0.251 e. The Bertz CT molecular complexity index is 475. The monoisotopic (exact) mass is 245 g/mol. The quantitative estimate of drug-likeness (QED) is 0.636. The van der Waals surface area contributed by atoms with Crippen LogP contribution in [0.4, 0.5) is 5.69 Å². The molecule has 0 atom stereocenters. The molecule has 0 aliphatic carbocycles. The van der Waals surface area contributed by atoms with Crippen LogP contribution in [0.3, 0.4) is 0 Å². The van der Waals surface area contributed by atoms with Crippen molar-refractivity contribution in [2.75, 3.05) is 5.32 Å². The largest absolute Gasteiger partial charge is 0.322 e. The van der Waals surface area contributed by atoms with Crippen molar-refractivity contribution >= 4 is 17.4 Å². The molecule has 1 aromatic rings. The summed E-state index contributed by atoms with van der Waals surface area (Å²) >= 11 is 0. The Balaban J connectivity index is 2.84. The molecule has 18 heavy (non-hydrogen) atoms. The van der Waals surface area contributed by atoms with Gasteiger partial charge in [0, 0.05) is 16.8 Å². The van der Waals surface area contributed by atoms with Gasteiger partial charge in [-0.05, 0) is 31.9 Å². The van der Waals surface area contributed by atoms with Crippen LogP contribution < -0.4 is 5.32 Å². The van der Waals surface area contributed by atoms with Crippen molar-refractivity contribution in [3.8, 4) is 0 Å². The van der Waals surface area contributed by atoms with Gasteiger partial charge in [-0.15, -0.1) is 0 Å². The van der Waals surface area contributed by atoms with Gasteiger partial charge in [0.05, 0.1) is 0 Å². The van der Waals surface area contributed by atoms with E-state index in [1.807, 2.05) is 19.9 Å². The maximum atomic E-state index is 12.0. The zero-order valence-electron chi connectivity index (χ0n) is 11.1. The predicted molar refractivity (Wildman–Crippen MR) is 73.7 cm³/mol. The molecule has 1 rings (SSSR count). The second-order valence-electron chi connectivity index (χ2n) is 4.08. The predicted octanol–water partition coefficient (Wildman–Crippen LogP) is 3.57. The van der Waals surface area contributed by atoms with E-state index in [1.165, 1.54) is 6.92 Å². The van der Waals surface area contributed by atoms with Crippen LogP contribution in [0.5, 0.6) is 0 Å². The molecule has 3 heteroatoms. The van der Waals surface area contributed by atoms with Crippen molar-refractivity contribution in [3.05, 3.63) is 41.5 Å². The molecule has 1 aromatic carbocycles. The van der Waals surface area contributed by atoms with Crippen molar-refractivity contribution in [1.29, 1.82) is 0 Å². The highest BCUT2D eigenvalue weighted by molar-refractivity contribution is 6.04. The number of nitrogens with one attached hydrogen (secondary N) is 1. The van der Waals surface area contributed by atoms with Crippen molar-refractivity contribution in [1.82, 2.24) is 0 Å². The minimum atomic E-state index is -0.0972. The third-order valence-corrected chi connectivity index (χ3v) is 2.65. The van der Waals surface area contributed by atoms with E-state index in [9.17, 15) is 9.59 Å². The minimum Gasteiger partial charge on any atom is -0.322 e. The molecule has 1 N–H and O–H groups in total. The second kappa shape index (κ2) is 6.74. The SMILES string of the molecule is CC/C=C(\CC)C(=O)Nc1cccc(C(C)=O)c1. The number of carbonyl (C=O) groups excluding carboxylic acids is 2. The lowest BCUT2D eigenvalue weighted by atomic mass is 10.1. The third kappa shape index (κ3) is 3.84. The molecular formula is C15H19NO2. The lowest BCUT2D eigenvalue weighted by Gasteiger charge is -2.08. The first-order valence-corrected chi connectivity index (χ1v) is 6.19. The summed E-state index contributed by atoms with van der Waals surface area (Å²) in [5, 5.41) is 2.81. The van der Waals surface area contributed by atoms with Crippen LogP contribution in [0.2, 0.25) is 0 Å². The summed E-state index contributed by atoms with van der Waals surface area (Å²) in [6, 6.07) is 6.98. The summed E-state index contributed by atoms with van der Waals surface area (Å²) in [5.74, 6) is -0.106. The zero-order chi connectivity index (χ0) is 13.5.